The van der Waals surface area contributed by atoms with Gasteiger partial charge >= 0.3 is 0 Å². The van der Waals surface area contributed by atoms with E-state index in [1.165, 1.54) is 11.8 Å². The maximum absolute atomic E-state index is 13.0. The fourth-order valence-electron chi connectivity index (χ4n) is 3.56. The van der Waals surface area contributed by atoms with Crippen LogP contribution in [0.15, 0.2) is 58.3 Å². The summed E-state index contributed by atoms with van der Waals surface area (Å²) < 4.78 is 13.0. The molecule has 1 amide bonds. The van der Waals surface area contributed by atoms with Crippen LogP contribution in [0, 0.1) is 5.92 Å². The van der Waals surface area contributed by atoms with Crippen molar-refractivity contribution in [3.05, 3.63) is 60.1 Å². The van der Waals surface area contributed by atoms with Gasteiger partial charge in [0.1, 0.15) is 5.76 Å². The van der Waals surface area contributed by atoms with Crippen LogP contribution in [0.4, 0.5) is 5.95 Å². The van der Waals surface area contributed by atoms with Crippen molar-refractivity contribution in [1.82, 2.24) is 20.1 Å². The molecule has 0 aliphatic carbocycles. The van der Waals surface area contributed by atoms with Gasteiger partial charge in [-0.2, -0.15) is 0 Å². The first kappa shape index (κ1) is 22.4. The number of nitrogens with zero attached hydrogens (tertiary/aromatic N) is 4. The molecular formula is C23H29N5O3S. The Labute approximate surface area is 192 Å². The summed E-state index contributed by atoms with van der Waals surface area (Å²) in [7, 11) is 0. The summed E-state index contributed by atoms with van der Waals surface area (Å²) in [5.41, 5.74) is 1.16. The molecule has 3 aromatic rings. The fraction of sp³-hybridized carbons (Fsp3) is 0.435. The Morgan fingerprint density at radius 1 is 1.12 bits per heavy atom. The molecule has 1 aromatic carbocycles. The molecule has 4 rings (SSSR count). The van der Waals surface area contributed by atoms with E-state index in [1.54, 1.807) is 6.26 Å². The minimum Gasteiger partial charge on any atom is -0.467 e. The molecule has 1 unspecified atom stereocenters. The SMILES string of the molecule is CC(C)C(Sc1nnc(N2CCOCC2)n1Cc1ccccc1)C(=O)NCc1ccco1. The molecule has 1 atom stereocenters. The monoisotopic (exact) mass is 455 g/mol. The summed E-state index contributed by atoms with van der Waals surface area (Å²) in [4.78, 5) is 15.2. The summed E-state index contributed by atoms with van der Waals surface area (Å²) in [5.74, 6) is 1.62. The minimum absolute atomic E-state index is 0.0383. The lowest BCUT2D eigenvalue weighted by Gasteiger charge is -2.28. The van der Waals surface area contributed by atoms with E-state index in [2.05, 4.69) is 37.1 Å². The first-order valence-electron chi connectivity index (χ1n) is 10.9. The number of furan rings is 1. The number of carbonyl (C=O) groups excluding carboxylic acids is 1. The van der Waals surface area contributed by atoms with E-state index in [0.717, 1.165) is 35.5 Å². The lowest BCUT2D eigenvalue weighted by molar-refractivity contribution is -0.121. The van der Waals surface area contributed by atoms with E-state index in [-0.39, 0.29) is 17.1 Å². The maximum Gasteiger partial charge on any atom is 0.234 e. The van der Waals surface area contributed by atoms with Crippen LogP contribution in [0.2, 0.25) is 0 Å². The standard InChI is InChI=1S/C23H29N5O3S/c1-17(2)20(21(29)24-15-19-9-6-12-31-19)32-23-26-25-22(27-10-13-30-14-11-27)28(23)16-18-7-4-3-5-8-18/h3-9,12,17,20H,10-11,13-16H2,1-2H3,(H,24,29). The smallest absolute Gasteiger partial charge is 0.234 e. The normalized spacial score (nSPS) is 15.2. The van der Waals surface area contributed by atoms with Crippen molar-refractivity contribution in [3.63, 3.8) is 0 Å². The number of carbonyl (C=O) groups is 1. The van der Waals surface area contributed by atoms with Gasteiger partial charge in [0.05, 0.1) is 37.8 Å². The highest BCUT2D eigenvalue weighted by Gasteiger charge is 2.28. The van der Waals surface area contributed by atoms with Crippen LogP contribution in [0.1, 0.15) is 25.2 Å². The third-order valence-electron chi connectivity index (χ3n) is 5.29. The van der Waals surface area contributed by atoms with Crippen molar-refractivity contribution in [2.45, 2.75) is 37.3 Å². The summed E-state index contributed by atoms with van der Waals surface area (Å²) in [6, 6.07) is 13.9. The van der Waals surface area contributed by atoms with E-state index in [9.17, 15) is 4.79 Å². The number of anilines is 1. The molecule has 0 saturated carbocycles. The van der Waals surface area contributed by atoms with Crippen molar-refractivity contribution in [3.8, 4) is 0 Å². The van der Waals surface area contributed by atoms with Crippen LogP contribution in [0.25, 0.3) is 0 Å². The van der Waals surface area contributed by atoms with E-state index in [0.29, 0.717) is 26.3 Å². The Balaban J connectivity index is 1.55. The molecule has 8 nitrogen and oxygen atoms in total. The van der Waals surface area contributed by atoms with Crippen LogP contribution in [0.3, 0.4) is 0 Å². The number of nitrogens with one attached hydrogen (secondary N) is 1. The minimum atomic E-state index is -0.304. The number of amides is 1. The molecule has 32 heavy (non-hydrogen) atoms. The highest BCUT2D eigenvalue weighted by atomic mass is 32.2. The number of ether oxygens (including phenoxy) is 1. The van der Waals surface area contributed by atoms with E-state index in [4.69, 9.17) is 9.15 Å². The predicted octanol–water partition coefficient (Wildman–Crippen LogP) is 3.19. The number of hydrogen-bond acceptors (Lipinski definition) is 7. The number of benzene rings is 1. The molecule has 2 aromatic heterocycles. The van der Waals surface area contributed by atoms with Gasteiger partial charge in [-0.3, -0.25) is 9.36 Å². The number of rotatable bonds is 9. The Morgan fingerprint density at radius 2 is 1.91 bits per heavy atom. The van der Waals surface area contributed by atoms with E-state index in [1.807, 2.05) is 44.2 Å². The average Bonchev–Trinajstić information content (AvgIpc) is 3.47. The van der Waals surface area contributed by atoms with Gasteiger partial charge in [0.15, 0.2) is 5.16 Å². The van der Waals surface area contributed by atoms with Crippen LogP contribution in [-0.4, -0.2) is 52.2 Å². The van der Waals surface area contributed by atoms with Crippen LogP contribution < -0.4 is 10.2 Å². The molecule has 1 fully saturated rings. The summed E-state index contributed by atoms with van der Waals surface area (Å²) in [6.07, 6.45) is 1.61. The van der Waals surface area contributed by atoms with Gasteiger partial charge < -0.3 is 19.4 Å². The third-order valence-corrected chi connectivity index (χ3v) is 6.81. The number of thioether (sulfide) groups is 1. The second-order valence-electron chi connectivity index (χ2n) is 8.03. The predicted molar refractivity (Wildman–Crippen MR) is 124 cm³/mol. The zero-order chi connectivity index (χ0) is 22.3. The fourth-order valence-corrected chi connectivity index (χ4v) is 4.61. The molecule has 0 bridgehead atoms. The molecule has 1 saturated heterocycles. The molecule has 1 aliphatic rings. The topological polar surface area (TPSA) is 85.4 Å². The lowest BCUT2D eigenvalue weighted by atomic mass is 10.1. The van der Waals surface area contributed by atoms with Gasteiger partial charge in [0, 0.05) is 13.1 Å². The summed E-state index contributed by atoms with van der Waals surface area (Å²) >= 11 is 1.46. The molecule has 9 heteroatoms. The van der Waals surface area contributed by atoms with Gasteiger partial charge in [0.25, 0.3) is 0 Å². The van der Waals surface area contributed by atoms with Crippen molar-refractivity contribution in [2.75, 3.05) is 31.2 Å². The molecule has 0 radical (unpaired) electrons. The van der Waals surface area contributed by atoms with Gasteiger partial charge in [-0.25, -0.2) is 0 Å². The Kier molecular flexibility index (Phi) is 7.49. The second kappa shape index (κ2) is 10.7. The van der Waals surface area contributed by atoms with Gasteiger partial charge in [-0.1, -0.05) is 55.9 Å². The summed E-state index contributed by atoms with van der Waals surface area (Å²) in [5, 5.41) is 12.4. The Bertz CT molecular complexity index is 984. The molecular weight excluding hydrogens is 426 g/mol. The van der Waals surface area contributed by atoms with Gasteiger partial charge in [-0.05, 0) is 23.6 Å². The zero-order valence-electron chi connectivity index (χ0n) is 18.4. The third kappa shape index (κ3) is 5.52. The maximum atomic E-state index is 13.0. The lowest BCUT2D eigenvalue weighted by Crippen LogP contribution is -2.38. The Morgan fingerprint density at radius 3 is 2.59 bits per heavy atom. The van der Waals surface area contributed by atoms with Crippen LogP contribution >= 0.6 is 11.8 Å². The number of aromatic nitrogens is 3. The average molecular weight is 456 g/mol. The van der Waals surface area contributed by atoms with Crippen LogP contribution in [-0.2, 0) is 22.6 Å². The quantitative estimate of drug-likeness (QED) is 0.496. The number of hydrogen-bond donors (Lipinski definition) is 1. The van der Waals surface area contributed by atoms with Crippen molar-refractivity contribution in [2.24, 2.45) is 5.92 Å². The first-order valence-corrected chi connectivity index (χ1v) is 11.8. The zero-order valence-corrected chi connectivity index (χ0v) is 19.3. The highest BCUT2D eigenvalue weighted by molar-refractivity contribution is 8.00. The largest absolute Gasteiger partial charge is 0.467 e. The van der Waals surface area contributed by atoms with Crippen LogP contribution in [0.5, 0.6) is 0 Å². The summed E-state index contributed by atoms with van der Waals surface area (Å²) in [6.45, 7) is 7.99. The second-order valence-corrected chi connectivity index (χ2v) is 9.14. The van der Waals surface area contributed by atoms with Gasteiger partial charge in [0.2, 0.25) is 11.9 Å². The van der Waals surface area contributed by atoms with Crippen molar-refractivity contribution in [1.29, 1.82) is 0 Å². The molecule has 3 heterocycles. The molecule has 0 spiro atoms. The highest BCUT2D eigenvalue weighted by Crippen LogP contribution is 2.30. The van der Waals surface area contributed by atoms with Gasteiger partial charge in [-0.15, -0.1) is 10.2 Å². The first-order chi connectivity index (χ1) is 15.6. The van der Waals surface area contributed by atoms with Crippen molar-refractivity contribution < 1.29 is 13.9 Å². The van der Waals surface area contributed by atoms with E-state index >= 15 is 0 Å². The van der Waals surface area contributed by atoms with E-state index < -0.39 is 0 Å². The molecule has 170 valence electrons. The van der Waals surface area contributed by atoms with Crippen molar-refractivity contribution >= 4 is 23.6 Å². The molecule has 1 N–H and O–H groups in total. The molecule has 1 aliphatic heterocycles. The Hall–Kier alpha value is -2.78. The number of morpholine rings is 1.